The van der Waals surface area contributed by atoms with Crippen molar-refractivity contribution in [3.63, 3.8) is 0 Å². The number of benzene rings is 1. The summed E-state index contributed by atoms with van der Waals surface area (Å²) in [6.45, 7) is 7.49. The first-order valence-corrected chi connectivity index (χ1v) is 15.8. The fraction of sp³-hybridized carbons (Fsp3) is 0.656. The molecule has 9 heteroatoms. The molecule has 0 aliphatic carbocycles. The third kappa shape index (κ3) is 17.1. The second-order valence-electron chi connectivity index (χ2n) is 11.0. The minimum atomic E-state index is -0.611. The fourth-order valence-corrected chi connectivity index (χ4v) is 4.49. The van der Waals surface area contributed by atoms with Crippen molar-refractivity contribution in [1.82, 2.24) is 0 Å². The second kappa shape index (κ2) is 21.2. The van der Waals surface area contributed by atoms with Gasteiger partial charge < -0.3 is 9.47 Å². The number of carbonyl (C=O) groups is 3. The first-order chi connectivity index (χ1) is 19.6. The molecule has 0 aromatic heterocycles. The molecule has 0 N–H and O–H groups in total. The van der Waals surface area contributed by atoms with Crippen molar-refractivity contribution in [2.75, 3.05) is 6.61 Å². The minimum absolute atomic E-state index is 0.0982. The van der Waals surface area contributed by atoms with Gasteiger partial charge in [0.15, 0.2) is 0 Å². The van der Waals surface area contributed by atoms with Crippen LogP contribution in [0.1, 0.15) is 133 Å². The zero-order valence-corrected chi connectivity index (χ0v) is 26.5. The predicted octanol–water partition coefficient (Wildman–Crippen LogP) is 8.97. The van der Waals surface area contributed by atoms with Crippen LogP contribution in [0, 0.1) is 10.1 Å². The number of ketones is 1. The van der Waals surface area contributed by atoms with Gasteiger partial charge in [0.2, 0.25) is 0 Å². The van der Waals surface area contributed by atoms with Crippen molar-refractivity contribution in [1.29, 1.82) is 0 Å². The number of rotatable bonds is 24. The molecule has 8 nitrogen and oxygen atoms in total. The second-order valence-corrected chi connectivity index (χ2v) is 12.9. The van der Waals surface area contributed by atoms with E-state index >= 15 is 0 Å². The topological polar surface area (TPSA) is 113 Å². The molecule has 0 fully saturated rings. The quantitative estimate of drug-likeness (QED) is 0.0277. The molecule has 0 amide bonds. The Morgan fingerprint density at radius 2 is 1.44 bits per heavy atom. The number of ether oxygens (including phenoxy) is 2. The van der Waals surface area contributed by atoms with E-state index in [-0.39, 0.29) is 48.2 Å². The number of hydrogen-bond donors (Lipinski definition) is 0. The molecule has 0 radical (unpaired) electrons. The van der Waals surface area contributed by atoms with E-state index in [2.05, 4.69) is 22.5 Å². The number of nitrogens with zero attached hydrogens (tertiary/aromatic N) is 1. The molecule has 1 aromatic carbocycles. The maximum Gasteiger partial charge on any atom is 0.338 e. The molecule has 0 aliphatic heterocycles. The van der Waals surface area contributed by atoms with Crippen LogP contribution < -0.4 is 0 Å². The lowest BCUT2D eigenvalue weighted by Crippen LogP contribution is -2.23. The van der Waals surface area contributed by atoms with Gasteiger partial charge in [-0.1, -0.05) is 79.8 Å². The van der Waals surface area contributed by atoms with E-state index in [1.807, 2.05) is 19.9 Å². The molecule has 0 heterocycles. The summed E-state index contributed by atoms with van der Waals surface area (Å²) in [6, 6.07) is 4.09. The number of halogens is 1. The standard InChI is InChI=1S/C32H48BrNO7/c1-4-5-6-7-8-11-14-17-20-30(36)41-25-27-22-21-26(24-28(27)34(38)39)31(37)40-23-18-15-12-9-10-13-16-19-29(35)32(2,3)33/h4,21-22,24H,1,5-20,23,25H2,2-3H3. The molecule has 41 heavy (non-hydrogen) atoms. The van der Waals surface area contributed by atoms with E-state index in [4.69, 9.17) is 9.47 Å². The number of unbranched alkanes of at least 4 members (excludes halogenated alkanes) is 12. The predicted molar refractivity (Wildman–Crippen MR) is 165 cm³/mol. The molecule has 1 aromatic rings. The van der Waals surface area contributed by atoms with Gasteiger partial charge in [-0.05, 0) is 58.1 Å². The van der Waals surface area contributed by atoms with Crippen molar-refractivity contribution in [2.24, 2.45) is 0 Å². The Labute approximate surface area is 253 Å². The van der Waals surface area contributed by atoms with Gasteiger partial charge in [-0.15, -0.1) is 6.58 Å². The molecular weight excluding hydrogens is 590 g/mol. The molecule has 0 spiro atoms. The number of nitro benzene ring substituents is 1. The zero-order chi connectivity index (χ0) is 30.5. The van der Waals surface area contributed by atoms with Gasteiger partial charge in [0.05, 0.1) is 27.0 Å². The number of hydrogen-bond acceptors (Lipinski definition) is 7. The van der Waals surface area contributed by atoms with Gasteiger partial charge in [0.1, 0.15) is 12.4 Å². The maximum absolute atomic E-state index is 12.4. The number of esters is 2. The van der Waals surface area contributed by atoms with Crippen LogP contribution >= 0.6 is 15.9 Å². The molecule has 0 bridgehead atoms. The number of Topliss-reactive ketones (excluding diaryl/α,β-unsaturated/α-hetero) is 1. The van der Waals surface area contributed by atoms with Crippen molar-refractivity contribution in [3.05, 3.63) is 52.1 Å². The molecule has 0 unspecified atom stereocenters. The van der Waals surface area contributed by atoms with Crippen LogP contribution in [-0.4, -0.2) is 33.6 Å². The van der Waals surface area contributed by atoms with E-state index in [0.717, 1.165) is 83.5 Å². The first-order valence-electron chi connectivity index (χ1n) is 15.0. The largest absolute Gasteiger partial charge is 0.462 e. The Balaban J connectivity index is 2.29. The SMILES string of the molecule is C=CCCCCCCCCC(=O)OCc1ccc(C(=O)OCCCCCCCCCC(=O)C(C)(C)Br)cc1[N+](=O)[O-]. The Morgan fingerprint density at radius 3 is 2.02 bits per heavy atom. The monoisotopic (exact) mass is 637 g/mol. The van der Waals surface area contributed by atoms with Crippen molar-refractivity contribution in [2.45, 2.75) is 128 Å². The molecule has 230 valence electrons. The Hall–Kier alpha value is -2.55. The van der Waals surface area contributed by atoms with Crippen LogP contribution in [0.5, 0.6) is 0 Å². The van der Waals surface area contributed by atoms with Crippen molar-refractivity contribution < 1.29 is 28.8 Å². The van der Waals surface area contributed by atoms with Crippen LogP contribution in [0.2, 0.25) is 0 Å². The van der Waals surface area contributed by atoms with Crippen molar-refractivity contribution in [3.8, 4) is 0 Å². The lowest BCUT2D eigenvalue weighted by Gasteiger charge is -2.13. The van der Waals surface area contributed by atoms with Crippen LogP contribution in [0.3, 0.4) is 0 Å². The average molecular weight is 639 g/mol. The summed E-state index contributed by atoms with van der Waals surface area (Å²) in [5.74, 6) is -0.770. The van der Waals surface area contributed by atoms with Crippen LogP contribution in [0.25, 0.3) is 0 Å². The summed E-state index contributed by atoms with van der Waals surface area (Å²) < 4.78 is 10.1. The average Bonchev–Trinajstić information content (AvgIpc) is 2.93. The molecule has 0 saturated heterocycles. The highest BCUT2D eigenvalue weighted by molar-refractivity contribution is 9.10. The summed E-state index contributed by atoms with van der Waals surface area (Å²) in [6.07, 6.45) is 16.7. The summed E-state index contributed by atoms with van der Waals surface area (Å²) in [5, 5.41) is 11.6. The van der Waals surface area contributed by atoms with Crippen LogP contribution in [0.4, 0.5) is 5.69 Å². The summed E-state index contributed by atoms with van der Waals surface area (Å²) >= 11 is 3.39. The minimum Gasteiger partial charge on any atom is -0.462 e. The maximum atomic E-state index is 12.4. The summed E-state index contributed by atoms with van der Waals surface area (Å²) in [5.41, 5.74) is 0.0663. The summed E-state index contributed by atoms with van der Waals surface area (Å²) in [7, 11) is 0. The Bertz CT molecular complexity index is 971. The highest BCUT2D eigenvalue weighted by Gasteiger charge is 2.22. The van der Waals surface area contributed by atoms with E-state index < -0.39 is 15.2 Å². The third-order valence-electron chi connectivity index (χ3n) is 6.89. The van der Waals surface area contributed by atoms with E-state index in [0.29, 0.717) is 12.8 Å². The molecule has 0 aliphatic rings. The highest BCUT2D eigenvalue weighted by Crippen LogP contribution is 2.23. The Morgan fingerprint density at radius 1 is 0.878 bits per heavy atom. The third-order valence-corrected chi connectivity index (χ3v) is 7.33. The number of carbonyl (C=O) groups excluding carboxylic acids is 3. The molecule has 0 atom stereocenters. The summed E-state index contributed by atoms with van der Waals surface area (Å²) in [4.78, 5) is 47.4. The number of allylic oxidation sites excluding steroid dienone is 1. The molecule has 1 rings (SSSR count). The molecular formula is C32H48BrNO7. The van der Waals surface area contributed by atoms with E-state index in [9.17, 15) is 24.5 Å². The zero-order valence-electron chi connectivity index (χ0n) is 24.9. The number of nitro groups is 1. The van der Waals surface area contributed by atoms with Gasteiger partial charge in [-0.25, -0.2) is 4.79 Å². The Kier molecular flexibility index (Phi) is 18.9. The fourth-order valence-electron chi connectivity index (χ4n) is 4.30. The normalized spacial score (nSPS) is 11.2. The molecule has 0 saturated carbocycles. The van der Waals surface area contributed by atoms with Gasteiger partial charge in [-0.2, -0.15) is 0 Å². The van der Waals surface area contributed by atoms with Crippen LogP contribution in [-0.2, 0) is 25.7 Å². The van der Waals surface area contributed by atoms with Gasteiger partial charge in [0.25, 0.3) is 5.69 Å². The van der Waals surface area contributed by atoms with E-state index in [1.54, 1.807) is 0 Å². The lowest BCUT2D eigenvalue weighted by atomic mass is 10.0. The van der Waals surface area contributed by atoms with Crippen LogP contribution in [0.15, 0.2) is 30.9 Å². The smallest absolute Gasteiger partial charge is 0.338 e. The van der Waals surface area contributed by atoms with Gasteiger partial charge in [-0.3, -0.25) is 19.7 Å². The van der Waals surface area contributed by atoms with Gasteiger partial charge >= 0.3 is 11.9 Å². The lowest BCUT2D eigenvalue weighted by molar-refractivity contribution is -0.385. The first kappa shape index (κ1) is 36.5. The van der Waals surface area contributed by atoms with Crippen molar-refractivity contribution >= 4 is 39.3 Å². The highest BCUT2D eigenvalue weighted by atomic mass is 79.9. The number of alkyl halides is 1. The van der Waals surface area contributed by atoms with Gasteiger partial charge in [0, 0.05) is 18.9 Å². The van der Waals surface area contributed by atoms with E-state index in [1.165, 1.54) is 18.2 Å².